The van der Waals surface area contributed by atoms with E-state index in [9.17, 15) is 4.79 Å². The summed E-state index contributed by atoms with van der Waals surface area (Å²) in [5, 5.41) is 23.3. The fourth-order valence-electron chi connectivity index (χ4n) is 4.03. The number of carbonyl (C=O) groups is 1. The first-order valence-electron chi connectivity index (χ1n) is 11.8. The molecule has 184 valence electrons. The number of hydrogen-bond donors (Lipinski definition) is 5. The predicted octanol–water partition coefficient (Wildman–Crippen LogP) is 2.43. The van der Waals surface area contributed by atoms with Crippen LogP contribution in [-0.2, 0) is 17.7 Å². The molecule has 0 unspecified atom stereocenters. The van der Waals surface area contributed by atoms with Gasteiger partial charge in [-0.1, -0.05) is 19.9 Å². The van der Waals surface area contributed by atoms with Crippen molar-refractivity contribution in [2.24, 2.45) is 0 Å². The molecular formula is C25H31N7O3. The third-order valence-corrected chi connectivity index (χ3v) is 5.75. The van der Waals surface area contributed by atoms with Crippen LogP contribution < -0.4 is 10.6 Å². The van der Waals surface area contributed by atoms with Gasteiger partial charge in [0.2, 0.25) is 0 Å². The Kier molecular flexibility index (Phi) is 8.19. The van der Waals surface area contributed by atoms with Crippen molar-refractivity contribution in [2.75, 3.05) is 32.9 Å². The molecule has 10 heteroatoms. The zero-order valence-electron chi connectivity index (χ0n) is 20.0. The van der Waals surface area contributed by atoms with Crippen molar-refractivity contribution < 1.29 is 14.6 Å². The van der Waals surface area contributed by atoms with E-state index >= 15 is 0 Å². The summed E-state index contributed by atoms with van der Waals surface area (Å²) in [5.41, 5.74) is 6.47. The first-order chi connectivity index (χ1) is 17.2. The number of nitrogens with zero attached hydrogens (tertiary/aromatic N) is 3. The third-order valence-electron chi connectivity index (χ3n) is 5.75. The molecule has 1 aromatic carbocycles. The van der Waals surface area contributed by atoms with Gasteiger partial charge in [0, 0.05) is 36.4 Å². The standard InChI is InChI=1S/C25H31N7O3/c1-3-18-17(12-26-4-2)13-27-14-20(18)16-5-6-21-19(11-16)23(32-31-21)24-29-15-22(30-24)25(34)28-7-9-35-10-8-33/h5-6,11,13-15,26,33H,3-4,7-10,12H2,1-2H3,(H,28,34)(H,29,30)(H,31,32). The summed E-state index contributed by atoms with van der Waals surface area (Å²) in [4.78, 5) is 24.4. The van der Waals surface area contributed by atoms with Crippen LogP contribution in [0.2, 0.25) is 0 Å². The zero-order chi connectivity index (χ0) is 24.6. The topological polar surface area (TPSA) is 141 Å². The maximum absolute atomic E-state index is 12.4. The van der Waals surface area contributed by atoms with Crippen molar-refractivity contribution in [3.8, 4) is 22.6 Å². The highest BCUT2D eigenvalue weighted by molar-refractivity contribution is 5.96. The lowest BCUT2D eigenvalue weighted by Gasteiger charge is -2.13. The molecule has 3 heterocycles. The number of aromatic amines is 2. The maximum atomic E-state index is 12.4. The van der Waals surface area contributed by atoms with Gasteiger partial charge < -0.3 is 25.5 Å². The summed E-state index contributed by atoms with van der Waals surface area (Å²) in [5.74, 6) is 0.220. The number of H-pyrrole nitrogens is 2. The Hall–Kier alpha value is -3.60. The van der Waals surface area contributed by atoms with Crippen molar-refractivity contribution >= 4 is 16.8 Å². The van der Waals surface area contributed by atoms with Gasteiger partial charge in [-0.25, -0.2) is 4.98 Å². The third kappa shape index (κ3) is 5.56. The minimum atomic E-state index is -0.284. The van der Waals surface area contributed by atoms with Crippen LogP contribution in [0.5, 0.6) is 0 Å². The van der Waals surface area contributed by atoms with E-state index in [1.165, 1.54) is 17.3 Å². The Morgan fingerprint density at radius 3 is 2.86 bits per heavy atom. The first-order valence-corrected chi connectivity index (χ1v) is 11.8. The minimum Gasteiger partial charge on any atom is -0.394 e. The summed E-state index contributed by atoms with van der Waals surface area (Å²) in [6.07, 6.45) is 6.24. The number of fused-ring (bicyclic) bond motifs is 1. The van der Waals surface area contributed by atoms with Crippen molar-refractivity contribution in [3.63, 3.8) is 0 Å². The van der Waals surface area contributed by atoms with Gasteiger partial charge in [-0.2, -0.15) is 5.10 Å². The molecule has 0 aliphatic carbocycles. The van der Waals surface area contributed by atoms with E-state index in [1.807, 2.05) is 18.5 Å². The summed E-state index contributed by atoms with van der Waals surface area (Å²) in [7, 11) is 0. The Morgan fingerprint density at radius 1 is 1.17 bits per heavy atom. The van der Waals surface area contributed by atoms with Crippen molar-refractivity contribution in [1.29, 1.82) is 0 Å². The molecule has 10 nitrogen and oxygen atoms in total. The molecule has 0 aliphatic rings. The van der Waals surface area contributed by atoms with E-state index in [0.29, 0.717) is 30.4 Å². The number of hydrogen-bond acceptors (Lipinski definition) is 7. The Bertz CT molecular complexity index is 1280. The largest absolute Gasteiger partial charge is 0.394 e. The lowest BCUT2D eigenvalue weighted by molar-refractivity contribution is 0.0835. The SMILES string of the molecule is CCNCc1cncc(-c2ccc3[nH]nc(-c4ncc(C(=O)NCCOCCO)[nH]4)c3c2)c1CC. The van der Waals surface area contributed by atoms with E-state index in [4.69, 9.17) is 9.84 Å². The van der Waals surface area contributed by atoms with Gasteiger partial charge in [-0.05, 0) is 41.8 Å². The molecule has 0 atom stereocenters. The monoisotopic (exact) mass is 477 g/mol. The number of pyridine rings is 1. The number of aliphatic hydroxyl groups excluding tert-OH is 1. The first kappa shape index (κ1) is 24.5. The summed E-state index contributed by atoms with van der Waals surface area (Å²) in [6, 6.07) is 6.15. The van der Waals surface area contributed by atoms with Crippen molar-refractivity contribution in [3.05, 3.63) is 53.6 Å². The van der Waals surface area contributed by atoms with Gasteiger partial charge >= 0.3 is 0 Å². The van der Waals surface area contributed by atoms with Crippen LogP contribution in [0, 0.1) is 0 Å². The molecule has 0 radical (unpaired) electrons. The lowest BCUT2D eigenvalue weighted by Crippen LogP contribution is -2.27. The molecule has 4 aromatic rings. The molecule has 0 fully saturated rings. The van der Waals surface area contributed by atoms with Gasteiger partial charge in [-0.3, -0.25) is 14.9 Å². The molecular weight excluding hydrogens is 446 g/mol. The molecule has 5 N–H and O–H groups in total. The number of imidazole rings is 1. The highest BCUT2D eigenvalue weighted by atomic mass is 16.5. The number of aliphatic hydroxyl groups is 1. The quantitative estimate of drug-likeness (QED) is 0.197. The van der Waals surface area contributed by atoms with Crippen molar-refractivity contribution in [2.45, 2.75) is 26.8 Å². The van der Waals surface area contributed by atoms with Crippen molar-refractivity contribution in [1.82, 2.24) is 35.8 Å². The minimum absolute atomic E-state index is 0.0467. The second-order valence-electron chi connectivity index (χ2n) is 8.03. The van der Waals surface area contributed by atoms with Crippen LogP contribution in [0.15, 0.2) is 36.8 Å². The summed E-state index contributed by atoms with van der Waals surface area (Å²) in [6.45, 7) is 6.79. The van der Waals surface area contributed by atoms with Crippen LogP contribution in [0.3, 0.4) is 0 Å². The fourth-order valence-corrected chi connectivity index (χ4v) is 4.03. The van der Waals surface area contributed by atoms with Crippen LogP contribution in [0.1, 0.15) is 35.5 Å². The number of ether oxygens (including phenoxy) is 1. The molecule has 0 bridgehead atoms. The zero-order valence-corrected chi connectivity index (χ0v) is 20.0. The number of rotatable bonds is 12. The average molecular weight is 478 g/mol. The number of nitrogens with one attached hydrogen (secondary N) is 4. The van der Waals surface area contributed by atoms with Gasteiger partial charge in [0.25, 0.3) is 5.91 Å². The van der Waals surface area contributed by atoms with E-state index < -0.39 is 0 Å². The molecule has 0 aliphatic heterocycles. The second kappa shape index (κ2) is 11.7. The predicted molar refractivity (Wildman–Crippen MR) is 134 cm³/mol. The van der Waals surface area contributed by atoms with Gasteiger partial charge in [0.05, 0.1) is 31.5 Å². The second-order valence-corrected chi connectivity index (χ2v) is 8.03. The van der Waals surface area contributed by atoms with Crippen LogP contribution in [0.4, 0.5) is 0 Å². The average Bonchev–Trinajstić information content (AvgIpc) is 3.53. The van der Waals surface area contributed by atoms with Crippen LogP contribution in [-0.4, -0.2) is 69.1 Å². The Balaban J connectivity index is 1.59. The summed E-state index contributed by atoms with van der Waals surface area (Å²) < 4.78 is 5.16. The molecule has 1 amide bonds. The molecule has 0 saturated carbocycles. The van der Waals surface area contributed by atoms with Crippen LogP contribution in [0.25, 0.3) is 33.5 Å². The summed E-state index contributed by atoms with van der Waals surface area (Å²) >= 11 is 0. The van der Waals surface area contributed by atoms with E-state index in [2.05, 4.69) is 61.8 Å². The number of amides is 1. The lowest BCUT2D eigenvalue weighted by atomic mass is 9.95. The smallest absolute Gasteiger partial charge is 0.269 e. The molecule has 0 spiro atoms. The van der Waals surface area contributed by atoms with Gasteiger partial charge in [0.15, 0.2) is 5.82 Å². The van der Waals surface area contributed by atoms with Gasteiger partial charge in [0.1, 0.15) is 11.4 Å². The van der Waals surface area contributed by atoms with Crippen LogP contribution >= 0.6 is 0 Å². The molecule has 35 heavy (non-hydrogen) atoms. The molecule has 4 rings (SSSR count). The molecule has 3 aromatic heterocycles. The number of benzene rings is 1. The number of carbonyl (C=O) groups excluding carboxylic acids is 1. The Morgan fingerprint density at radius 2 is 2.06 bits per heavy atom. The highest BCUT2D eigenvalue weighted by Gasteiger charge is 2.17. The van der Waals surface area contributed by atoms with Gasteiger partial charge in [-0.15, -0.1) is 0 Å². The normalized spacial score (nSPS) is 11.3. The van der Waals surface area contributed by atoms with E-state index in [0.717, 1.165) is 41.5 Å². The Labute approximate surface area is 203 Å². The fraction of sp³-hybridized carbons (Fsp3) is 0.360. The highest BCUT2D eigenvalue weighted by Crippen LogP contribution is 2.32. The number of aromatic nitrogens is 5. The molecule has 0 saturated heterocycles. The maximum Gasteiger partial charge on any atom is 0.269 e. The van der Waals surface area contributed by atoms with E-state index in [1.54, 1.807) is 0 Å². The van der Waals surface area contributed by atoms with E-state index in [-0.39, 0.29) is 19.1 Å².